The van der Waals surface area contributed by atoms with Crippen molar-refractivity contribution in [1.82, 2.24) is 34.8 Å². The predicted molar refractivity (Wildman–Crippen MR) is 101 cm³/mol. The molecule has 0 unspecified atom stereocenters. The lowest BCUT2D eigenvalue weighted by atomic mass is 9.95. The minimum atomic E-state index is -0.139. The van der Waals surface area contributed by atoms with Gasteiger partial charge in [0.1, 0.15) is 6.33 Å². The van der Waals surface area contributed by atoms with Gasteiger partial charge < -0.3 is 9.88 Å². The Balaban J connectivity index is 1.56. The third kappa shape index (κ3) is 3.31. The minimum Gasteiger partial charge on any atom is -0.345 e. The number of hydrogen-bond donors (Lipinski definition) is 1. The van der Waals surface area contributed by atoms with E-state index < -0.39 is 0 Å². The van der Waals surface area contributed by atoms with E-state index in [1.807, 2.05) is 27.0 Å². The van der Waals surface area contributed by atoms with Gasteiger partial charge >= 0.3 is 0 Å². The lowest BCUT2D eigenvalue weighted by Gasteiger charge is -2.24. The van der Waals surface area contributed by atoms with E-state index in [0.29, 0.717) is 18.2 Å². The lowest BCUT2D eigenvalue weighted by Crippen LogP contribution is -2.26. The molecular formula is C19H25N7O. The molecule has 142 valence electrons. The number of nitrogens with one attached hydrogen (secondary N) is 1. The normalized spacial score (nSPS) is 15.4. The van der Waals surface area contributed by atoms with Gasteiger partial charge in [-0.15, -0.1) is 10.2 Å². The standard InChI is InChI=1S/C19H25N7O/c1-12-9-15(17-13(2)24-25(3)18(17)22-12)19(27)20-10-16-23-21-11-26(16)14-7-5-4-6-8-14/h9,11,14H,4-8,10H2,1-3H3,(H,20,27). The molecule has 1 N–H and O–H groups in total. The fourth-order valence-electron chi connectivity index (χ4n) is 4.06. The van der Waals surface area contributed by atoms with Crippen LogP contribution in [0.25, 0.3) is 11.0 Å². The lowest BCUT2D eigenvalue weighted by molar-refractivity contribution is 0.0950. The maximum atomic E-state index is 12.9. The zero-order chi connectivity index (χ0) is 19.0. The van der Waals surface area contributed by atoms with Gasteiger partial charge in [-0.3, -0.25) is 9.48 Å². The van der Waals surface area contributed by atoms with Crippen LogP contribution in [0.3, 0.4) is 0 Å². The van der Waals surface area contributed by atoms with E-state index >= 15 is 0 Å². The third-order valence-corrected chi connectivity index (χ3v) is 5.36. The van der Waals surface area contributed by atoms with E-state index in [0.717, 1.165) is 41.1 Å². The van der Waals surface area contributed by atoms with Gasteiger partial charge in [0.25, 0.3) is 5.91 Å². The summed E-state index contributed by atoms with van der Waals surface area (Å²) < 4.78 is 3.84. The summed E-state index contributed by atoms with van der Waals surface area (Å²) >= 11 is 0. The number of rotatable bonds is 4. The van der Waals surface area contributed by atoms with E-state index in [1.54, 1.807) is 11.0 Å². The molecular weight excluding hydrogens is 342 g/mol. The van der Waals surface area contributed by atoms with Gasteiger partial charge in [0.05, 0.1) is 23.2 Å². The molecule has 3 heterocycles. The smallest absolute Gasteiger partial charge is 0.252 e. The molecule has 0 aliphatic heterocycles. The highest BCUT2D eigenvalue weighted by molar-refractivity contribution is 6.06. The third-order valence-electron chi connectivity index (χ3n) is 5.36. The maximum Gasteiger partial charge on any atom is 0.252 e. The Labute approximate surface area is 158 Å². The van der Waals surface area contributed by atoms with Crippen LogP contribution in [0.2, 0.25) is 0 Å². The number of fused-ring (bicyclic) bond motifs is 1. The Bertz CT molecular complexity index is 982. The van der Waals surface area contributed by atoms with Crippen molar-refractivity contribution in [1.29, 1.82) is 0 Å². The first-order valence-corrected chi connectivity index (χ1v) is 9.52. The predicted octanol–water partition coefficient (Wildman–Crippen LogP) is 2.61. The van der Waals surface area contributed by atoms with E-state index in [9.17, 15) is 4.79 Å². The molecule has 1 aliphatic carbocycles. The van der Waals surface area contributed by atoms with E-state index in [1.165, 1.54) is 19.3 Å². The molecule has 4 rings (SSSR count). The van der Waals surface area contributed by atoms with Crippen molar-refractivity contribution in [2.24, 2.45) is 7.05 Å². The van der Waals surface area contributed by atoms with Gasteiger partial charge in [-0.2, -0.15) is 5.10 Å². The molecule has 3 aromatic rings. The van der Waals surface area contributed by atoms with Crippen LogP contribution >= 0.6 is 0 Å². The highest BCUT2D eigenvalue weighted by Crippen LogP contribution is 2.28. The second kappa shape index (κ2) is 7.09. The molecule has 8 nitrogen and oxygen atoms in total. The first kappa shape index (κ1) is 17.6. The number of amides is 1. The Morgan fingerprint density at radius 2 is 2.04 bits per heavy atom. The number of carbonyl (C=O) groups excluding carboxylic acids is 1. The number of pyridine rings is 1. The molecule has 0 atom stereocenters. The van der Waals surface area contributed by atoms with Crippen molar-refractivity contribution < 1.29 is 4.79 Å². The van der Waals surface area contributed by atoms with E-state index in [-0.39, 0.29) is 5.91 Å². The summed E-state index contributed by atoms with van der Waals surface area (Å²) in [4.78, 5) is 17.4. The van der Waals surface area contributed by atoms with Crippen LogP contribution in [-0.4, -0.2) is 35.4 Å². The summed E-state index contributed by atoms with van der Waals surface area (Å²) in [5.74, 6) is 0.667. The summed E-state index contributed by atoms with van der Waals surface area (Å²) in [6, 6.07) is 2.26. The zero-order valence-corrected chi connectivity index (χ0v) is 16.1. The maximum absolute atomic E-state index is 12.9. The molecule has 1 saturated carbocycles. The zero-order valence-electron chi connectivity index (χ0n) is 16.1. The van der Waals surface area contributed by atoms with Crippen LogP contribution in [-0.2, 0) is 13.6 Å². The van der Waals surface area contributed by atoms with E-state index in [2.05, 4.69) is 30.2 Å². The average Bonchev–Trinajstić information content (AvgIpc) is 3.24. The van der Waals surface area contributed by atoms with Crippen molar-refractivity contribution >= 4 is 16.9 Å². The molecule has 27 heavy (non-hydrogen) atoms. The van der Waals surface area contributed by atoms with Crippen LogP contribution in [0, 0.1) is 13.8 Å². The highest BCUT2D eigenvalue weighted by atomic mass is 16.1. The quantitative estimate of drug-likeness (QED) is 0.765. The number of carbonyl (C=O) groups is 1. The van der Waals surface area contributed by atoms with Crippen molar-refractivity contribution in [3.05, 3.63) is 35.2 Å². The number of aryl methyl sites for hydroxylation is 3. The minimum absolute atomic E-state index is 0.139. The van der Waals surface area contributed by atoms with Gasteiger partial charge in [-0.05, 0) is 32.8 Å². The van der Waals surface area contributed by atoms with Gasteiger partial charge in [-0.1, -0.05) is 19.3 Å². The molecule has 0 saturated heterocycles. The van der Waals surface area contributed by atoms with E-state index in [4.69, 9.17) is 0 Å². The van der Waals surface area contributed by atoms with Crippen molar-refractivity contribution in [3.8, 4) is 0 Å². The highest BCUT2D eigenvalue weighted by Gasteiger charge is 2.21. The summed E-state index contributed by atoms with van der Waals surface area (Å²) in [7, 11) is 1.84. The van der Waals surface area contributed by atoms with Crippen molar-refractivity contribution in [3.63, 3.8) is 0 Å². The number of nitrogens with zero attached hydrogens (tertiary/aromatic N) is 6. The van der Waals surface area contributed by atoms with Crippen LogP contribution in [0.5, 0.6) is 0 Å². The molecule has 0 spiro atoms. The monoisotopic (exact) mass is 367 g/mol. The number of hydrogen-bond acceptors (Lipinski definition) is 5. The average molecular weight is 367 g/mol. The van der Waals surface area contributed by atoms with Crippen LogP contribution in [0.1, 0.15) is 65.7 Å². The first-order valence-electron chi connectivity index (χ1n) is 9.52. The number of aromatic nitrogens is 6. The topological polar surface area (TPSA) is 90.5 Å². The molecule has 3 aromatic heterocycles. The van der Waals surface area contributed by atoms with Crippen molar-refractivity contribution in [2.45, 2.75) is 58.5 Å². The Hall–Kier alpha value is -2.77. The largest absolute Gasteiger partial charge is 0.345 e. The van der Waals surface area contributed by atoms with Gasteiger partial charge in [0.15, 0.2) is 11.5 Å². The molecule has 0 aromatic carbocycles. The fraction of sp³-hybridized carbons (Fsp3) is 0.526. The summed E-state index contributed by atoms with van der Waals surface area (Å²) in [5, 5.41) is 16.5. The van der Waals surface area contributed by atoms with Gasteiger partial charge in [-0.25, -0.2) is 4.98 Å². The summed E-state index contributed by atoms with van der Waals surface area (Å²) in [6.07, 6.45) is 7.87. The summed E-state index contributed by atoms with van der Waals surface area (Å²) in [6.45, 7) is 4.14. The van der Waals surface area contributed by atoms with Crippen molar-refractivity contribution in [2.75, 3.05) is 0 Å². The van der Waals surface area contributed by atoms with Gasteiger partial charge in [0, 0.05) is 18.8 Å². The second-order valence-corrected chi connectivity index (χ2v) is 7.35. The molecule has 0 bridgehead atoms. The second-order valence-electron chi connectivity index (χ2n) is 7.35. The first-order chi connectivity index (χ1) is 13.0. The SMILES string of the molecule is Cc1cc(C(=O)NCc2nncn2C2CCCCC2)c2c(C)nn(C)c2n1. The van der Waals surface area contributed by atoms with Gasteiger partial charge in [0.2, 0.25) is 0 Å². The Morgan fingerprint density at radius 1 is 1.26 bits per heavy atom. The fourth-order valence-corrected chi connectivity index (χ4v) is 4.06. The Kier molecular flexibility index (Phi) is 4.63. The van der Waals surface area contributed by atoms with Crippen LogP contribution < -0.4 is 5.32 Å². The molecule has 1 aliphatic rings. The molecule has 1 amide bonds. The van der Waals surface area contributed by atoms with Crippen LogP contribution in [0.4, 0.5) is 0 Å². The molecule has 8 heteroatoms. The Morgan fingerprint density at radius 3 is 2.81 bits per heavy atom. The molecule has 1 fully saturated rings. The molecule has 0 radical (unpaired) electrons. The summed E-state index contributed by atoms with van der Waals surface area (Å²) in [5.41, 5.74) is 2.92. The van der Waals surface area contributed by atoms with Crippen LogP contribution in [0.15, 0.2) is 12.4 Å².